The highest BCUT2D eigenvalue weighted by atomic mass is 16.4. The topological polar surface area (TPSA) is 78.4 Å². The number of carboxylic acid groups (broad SMARTS) is 1. The fraction of sp³-hybridized carbons (Fsp3) is 0.500. The van der Waals surface area contributed by atoms with Gasteiger partial charge in [-0.05, 0) is 31.2 Å². The summed E-state index contributed by atoms with van der Waals surface area (Å²) in [6.45, 7) is 3.61. The molecule has 0 bridgehead atoms. The van der Waals surface area contributed by atoms with Gasteiger partial charge in [-0.15, -0.1) is 0 Å². The molecular formula is C16H22N2O3. The number of carbonyl (C=O) groups excluding carboxylic acids is 1. The van der Waals surface area contributed by atoms with E-state index < -0.39 is 17.5 Å². The molecule has 3 atom stereocenters. The molecule has 1 aromatic rings. The van der Waals surface area contributed by atoms with Gasteiger partial charge in [0.25, 0.3) is 0 Å². The van der Waals surface area contributed by atoms with Gasteiger partial charge >= 0.3 is 12.0 Å². The van der Waals surface area contributed by atoms with Crippen molar-refractivity contribution >= 4 is 12.0 Å². The van der Waals surface area contributed by atoms with E-state index in [1.54, 1.807) is 24.3 Å². The van der Waals surface area contributed by atoms with Gasteiger partial charge in [0.2, 0.25) is 0 Å². The SMILES string of the molecule is CC1CCCC1NC(=O)NC(C)(C(=O)O)c1ccccc1. The fourth-order valence-electron chi connectivity index (χ4n) is 2.81. The number of carbonyl (C=O) groups is 2. The van der Waals surface area contributed by atoms with Crippen LogP contribution in [0.2, 0.25) is 0 Å². The zero-order chi connectivity index (χ0) is 15.5. The Balaban J connectivity index is 2.09. The molecule has 1 aliphatic rings. The first-order valence-corrected chi connectivity index (χ1v) is 7.31. The predicted molar refractivity (Wildman–Crippen MR) is 79.9 cm³/mol. The van der Waals surface area contributed by atoms with Gasteiger partial charge in [-0.1, -0.05) is 43.7 Å². The molecule has 2 rings (SSSR count). The molecule has 114 valence electrons. The van der Waals surface area contributed by atoms with Crippen LogP contribution < -0.4 is 10.6 Å². The van der Waals surface area contributed by atoms with E-state index in [2.05, 4.69) is 17.6 Å². The maximum atomic E-state index is 12.2. The second-order valence-electron chi connectivity index (χ2n) is 5.91. The number of urea groups is 1. The zero-order valence-electron chi connectivity index (χ0n) is 12.4. The monoisotopic (exact) mass is 290 g/mol. The molecule has 1 fully saturated rings. The molecule has 3 N–H and O–H groups in total. The van der Waals surface area contributed by atoms with Gasteiger partial charge in [-0.2, -0.15) is 0 Å². The third kappa shape index (κ3) is 3.35. The summed E-state index contributed by atoms with van der Waals surface area (Å²) in [5, 5.41) is 15.0. The van der Waals surface area contributed by atoms with Crippen LogP contribution >= 0.6 is 0 Å². The van der Waals surface area contributed by atoms with Crippen molar-refractivity contribution < 1.29 is 14.7 Å². The first kappa shape index (κ1) is 15.4. The number of rotatable bonds is 4. The smallest absolute Gasteiger partial charge is 0.333 e. The molecule has 1 saturated carbocycles. The second kappa shape index (κ2) is 6.16. The van der Waals surface area contributed by atoms with Crippen molar-refractivity contribution in [2.45, 2.75) is 44.7 Å². The molecule has 1 aromatic carbocycles. The van der Waals surface area contributed by atoms with Gasteiger partial charge in [-0.3, -0.25) is 0 Å². The molecule has 0 spiro atoms. The number of benzene rings is 1. The molecule has 5 heteroatoms. The van der Waals surface area contributed by atoms with E-state index in [0.717, 1.165) is 19.3 Å². The summed E-state index contributed by atoms with van der Waals surface area (Å²) in [4.78, 5) is 23.8. The normalized spacial score (nSPS) is 24.1. The molecule has 1 aliphatic carbocycles. The van der Waals surface area contributed by atoms with E-state index in [9.17, 15) is 14.7 Å². The van der Waals surface area contributed by atoms with E-state index >= 15 is 0 Å². The van der Waals surface area contributed by atoms with Crippen LogP contribution in [0.15, 0.2) is 30.3 Å². The van der Waals surface area contributed by atoms with Crippen molar-refractivity contribution in [3.05, 3.63) is 35.9 Å². The molecule has 2 amide bonds. The number of aliphatic carboxylic acids is 1. The van der Waals surface area contributed by atoms with Crippen molar-refractivity contribution in [2.24, 2.45) is 5.92 Å². The summed E-state index contributed by atoms with van der Waals surface area (Å²) in [7, 11) is 0. The van der Waals surface area contributed by atoms with Crippen LogP contribution in [0.3, 0.4) is 0 Å². The quantitative estimate of drug-likeness (QED) is 0.797. The highest BCUT2D eigenvalue weighted by Crippen LogP contribution is 2.25. The lowest BCUT2D eigenvalue weighted by Gasteiger charge is -2.28. The van der Waals surface area contributed by atoms with Crippen molar-refractivity contribution in [3.63, 3.8) is 0 Å². The highest BCUT2D eigenvalue weighted by Gasteiger charge is 2.37. The average Bonchev–Trinajstić information content (AvgIpc) is 2.84. The van der Waals surface area contributed by atoms with E-state index in [1.165, 1.54) is 6.92 Å². The Hall–Kier alpha value is -2.04. The number of hydrogen-bond acceptors (Lipinski definition) is 2. The lowest BCUT2D eigenvalue weighted by molar-refractivity contribution is -0.144. The van der Waals surface area contributed by atoms with E-state index in [0.29, 0.717) is 11.5 Å². The van der Waals surface area contributed by atoms with Gasteiger partial charge in [-0.25, -0.2) is 9.59 Å². The molecular weight excluding hydrogens is 268 g/mol. The van der Waals surface area contributed by atoms with Gasteiger partial charge < -0.3 is 15.7 Å². The van der Waals surface area contributed by atoms with Crippen molar-refractivity contribution in [1.29, 1.82) is 0 Å². The Bertz CT molecular complexity index is 518. The Morgan fingerprint density at radius 3 is 2.43 bits per heavy atom. The molecule has 0 heterocycles. The van der Waals surface area contributed by atoms with Gasteiger partial charge in [0.15, 0.2) is 5.54 Å². The summed E-state index contributed by atoms with van der Waals surface area (Å²) in [5.74, 6) is -0.646. The van der Waals surface area contributed by atoms with E-state index in [-0.39, 0.29) is 6.04 Å². The number of nitrogens with one attached hydrogen (secondary N) is 2. The molecule has 21 heavy (non-hydrogen) atoms. The molecule has 3 unspecified atom stereocenters. The minimum atomic E-state index is -1.44. The summed E-state index contributed by atoms with van der Waals surface area (Å²) in [6.07, 6.45) is 3.14. The number of carboxylic acids is 1. The summed E-state index contributed by atoms with van der Waals surface area (Å²) >= 11 is 0. The maximum absolute atomic E-state index is 12.2. The summed E-state index contributed by atoms with van der Waals surface area (Å²) in [5.41, 5.74) is -0.889. The van der Waals surface area contributed by atoms with Crippen LogP contribution in [-0.4, -0.2) is 23.1 Å². The fourth-order valence-corrected chi connectivity index (χ4v) is 2.81. The Kier molecular flexibility index (Phi) is 4.50. The molecule has 0 aliphatic heterocycles. The zero-order valence-corrected chi connectivity index (χ0v) is 12.4. The Morgan fingerprint density at radius 2 is 1.90 bits per heavy atom. The van der Waals surface area contributed by atoms with Crippen LogP contribution in [0.4, 0.5) is 4.79 Å². The molecule has 0 aromatic heterocycles. The van der Waals surface area contributed by atoms with Crippen molar-refractivity contribution in [2.75, 3.05) is 0 Å². The summed E-state index contributed by atoms with van der Waals surface area (Å²) in [6, 6.07) is 8.43. The van der Waals surface area contributed by atoms with Crippen LogP contribution in [0.5, 0.6) is 0 Å². The number of amides is 2. The van der Waals surface area contributed by atoms with E-state index in [4.69, 9.17) is 0 Å². The van der Waals surface area contributed by atoms with Gasteiger partial charge in [0, 0.05) is 6.04 Å². The largest absolute Gasteiger partial charge is 0.479 e. The summed E-state index contributed by atoms with van der Waals surface area (Å²) < 4.78 is 0. The lowest BCUT2D eigenvalue weighted by Crippen LogP contribution is -2.54. The first-order valence-electron chi connectivity index (χ1n) is 7.31. The van der Waals surface area contributed by atoms with Crippen LogP contribution in [-0.2, 0) is 10.3 Å². The average molecular weight is 290 g/mol. The van der Waals surface area contributed by atoms with Crippen LogP contribution in [0, 0.1) is 5.92 Å². The minimum absolute atomic E-state index is 0.124. The highest BCUT2D eigenvalue weighted by molar-refractivity contribution is 5.87. The van der Waals surface area contributed by atoms with Gasteiger partial charge in [0.1, 0.15) is 0 Å². The van der Waals surface area contributed by atoms with Crippen LogP contribution in [0.25, 0.3) is 0 Å². The second-order valence-corrected chi connectivity index (χ2v) is 5.91. The molecule has 5 nitrogen and oxygen atoms in total. The Morgan fingerprint density at radius 1 is 1.24 bits per heavy atom. The minimum Gasteiger partial charge on any atom is -0.479 e. The lowest BCUT2D eigenvalue weighted by atomic mass is 9.92. The third-order valence-electron chi connectivity index (χ3n) is 4.32. The first-order chi connectivity index (χ1) is 9.93. The maximum Gasteiger partial charge on any atom is 0.333 e. The van der Waals surface area contributed by atoms with Crippen molar-refractivity contribution in [3.8, 4) is 0 Å². The van der Waals surface area contributed by atoms with Gasteiger partial charge in [0.05, 0.1) is 0 Å². The van der Waals surface area contributed by atoms with Crippen molar-refractivity contribution in [1.82, 2.24) is 10.6 Å². The Labute approximate surface area is 124 Å². The third-order valence-corrected chi connectivity index (χ3v) is 4.32. The molecule has 0 radical (unpaired) electrons. The predicted octanol–water partition coefficient (Wildman–Crippen LogP) is 2.47. The standard InChI is InChI=1S/C16H22N2O3/c1-11-7-6-10-13(11)17-15(21)18-16(2,14(19)20)12-8-4-3-5-9-12/h3-5,8-9,11,13H,6-7,10H2,1-2H3,(H,19,20)(H2,17,18,21). The number of hydrogen-bond donors (Lipinski definition) is 3. The van der Waals surface area contributed by atoms with E-state index in [1.807, 2.05) is 6.07 Å². The van der Waals surface area contributed by atoms with Crippen LogP contribution in [0.1, 0.15) is 38.7 Å². The molecule has 0 saturated heterocycles.